The van der Waals surface area contributed by atoms with E-state index in [1.54, 1.807) is 6.07 Å². The summed E-state index contributed by atoms with van der Waals surface area (Å²) in [6, 6.07) is 10.6. The summed E-state index contributed by atoms with van der Waals surface area (Å²) < 4.78 is 20.4. The molecule has 202 valence electrons. The lowest BCUT2D eigenvalue weighted by Crippen LogP contribution is -2.43. The first kappa shape index (κ1) is 28.0. The van der Waals surface area contributed by atoms with Gasteiger partial charge in [0.15, 0.2) is 18.1 Å². The molecule has 1 fully saturated rings. The second-order valence-corrected chi connectivity index (χ2v) is 8.29. The standard InChI is InChI=1S/C26H29N3O9/c1-4-11-37-25(33)16-5-8-19(9-6-16)27-22(30)15-38-26(34)18-13-23(31)29(14-18)28-24(32)17-7-10-20(35-2)21(12-17)36-3/h5-10,12,18H,4,11,13-15H2,1-3H3,(H,27,30)(H,28,32)/t18-/m1/s1. The van der Waals surface area contributed by atoms with Gasteiger partial charge in [-0.15, -0.1) is 0 Å². The van der Waals surface area contributed by atoms with Crippen LogP contribution in [0, 0.1) is 5.92 Å². The summed E-state index contributed by atoms with van der Waals surface area (Å²) in [6.45, 7) is 1.53. The van der Waals surface area contributed by atoms with E-state index in [-0.39, 0.29) is 18.5 Å². The molecule has 38 heavy (non-hydrogen) atoms. The SMILES string of the molecule is CCCOC(=O)c1ccc(NC(=O)COC(=O)[C@@H]2CC(=O)N(NC(=O)c3ccc(OC)c(OC)c3)C2)cc1. The van der Waals surface area contributed by atoms with Crippen LogP contribution in [-0.4, -0.2) is 68.6 Å². The van der Waals surface area contributed by atoms with Gasteiger partial charge >= 0.3 is 11.9 Å². The highest BCUT2D eigenvalue weighted by atomic mass is 16.5. The number of hydrogen-bond acceptors (Lipinski definition) is 9. The van der Waals surface area contributed by atoms with Crippen molar-refractivity contribution in [1.82, 2.24) is 10.4 Å². The van der Waals surface area contributed by atoms with Gasteiger partial charge in [0.25, 0.3) is 11.8 Å². The minimum atomic E-state index is -0.852. The summed E-state index contributed by atoms with van der Waals surface area (Å²) >= 11 is 0. The topological polar surface area (TPSA) is 150 Å². The Bertz CT molecular complexity index is 1200. The molecular weight excluding hydrogens is 498 g/mol. The van der Waals surface area contributed by atoms with Gasteiger partial charge in [-0.2, -0.15) is 0 Å². The van der Waals surface area contributed by atoms with Crippen LogP contribution in [0.5, 0.6) is 11.5 Å². The molecule has 0 saturated carbocycles. The molecule has 1 saturated heterocycles. The molecule has 12 nitrogen and oxygen atoms in total. The highest BCUT2D eigenvalue weighted by Gasteiger charge is 2.36. The Labute approximate surface area is 219 Å². The van der Waals surface area contributed by atoms with Gasteiger partial charge < -0.3 is 24.3 Å². The van der Waals surface area contributed by atoms with Gasteiger partial charge in [-0.1, -0.05) is 6.92 Å². The first-order valence-corrected chi connectivity index (χ1v) is 11.8. The fourth-order valence-corrected chi connectivity index (χ4v) is 3.56. The molecule has 3 amide bonds. The molecule has 2 aromatic carbocycles. The fourth-order valence-electron chi connectivity index (χ4n) is 3.56. The number of esters is 2. The van der Waals surface area contributed by atoms with Crippen molar-refractivity contribution >= 4 is 35.3 Å². The van der Waals surface area contributed by atoms with Crippen LogP contribution in [0.4, 0.5) is 5.69 Å². The van der Waals surface area contributed by atoms with Crippen molar-refractivity contribution in [2.24, 2.45) is 5.92 Å². The highest BCUT2D eigenvalue weighted by Crippen LogP contribution is 2.27. The molecule has 3 rings (SSSR count). The van der Waals surface area contributed by atoms with Crippen LogP contribution in [0.15, 0.2) is 42.5 Å². The highest BCUT2D eigenvalue weighted by molar-refractivity contribution is 5.97. The molecular formula is C26H29N3O9. The fraction of sp³-hybridized carbons (Fsp3) is 0.346. The monoisotopic (exact) mass is 527 g/mol. The average Bonchev–Trinajstić information content (AvgIpc) is 3.30. The lowest BCUT2D eigenvalue weighted by Gasteiger charge is -2.18. The molecule has 2 N–H and O–H groups in total. The molecule has 2 aromatic rings. The Hall–Kier alpha value is -4.61. The number of amides is 3. The van der Waals surface area contributed by atoms with Gasteiger partial charge in [-0.25, -0.2) is 4.79 Å². The van der Waals surface area contributed by atoms with Crippen molar-refractivity contribution in [3.05, 3.63) is 53.6 Å². The molecule has 0 bridgehead atoms. The number of nitrogens with zero attached hydrogens (tertiary/aromatic N) is 1. The van der Waals surface area contributed by atoms with Gasteiger partial charge in [0.05, 0.1) is 38.9 Å². The van der Waals surface area contributed by atoms with E-state index in [1.165, 1.54) is 50.6 Å². The summed E-state index contributed by atoms with van der Waals surface area (Å²) in [4.78, 5) is 61.4. The number of anilines is 1. The lowest BCUT2D eigenvalue weighted by molar-refractivity contribution is -0.151. The number of rotatable bonds is 11. The molecule has 0 aromatic heterocycles. The molecule has 1 aliphatic rings. The minimum Gasteiger partial charge on any atom is -0.493 e. The third-order valence-electron chi connectivity index (χ3n) is 5.53. The number of carbonyl (C=O) groups is 5. The summed E-state index contributed by atoms with van der Waals surface area (Å²) in [5, 5.41) is 3.59. The Balaban J connectivity index is 1.47. The predicted molar refractivity (Wildman–Crippen MR) is 133 cm³/mol. The van der Waals surface area contributed by atoms with Crippen molar-refractivity contribution in [2.45, 2.75) is 19.8 Å². The smallest absolute Gasteiger partial charge is 0.338 e. The van der Waals surface area contributed by atoms with Gasteiger partial charge in [-0.05, 0) is 48.9 Å². The zero-order chi connectivity index (χ0) is 27.7. The number of nitrogens with one attached hydrogen (secondary N) is 2. The molecule has 1 aliphatic heterocycles. The normalized spacial score (nSPS) is 14.4. The summed E-state index contributed by atoms with van der Waals surface area (Å²) in [6.07, 6.45) is 0.530. The maximum atomic E-state index is 12.6. The molecule has 0 unspecified atom stereocenters. The number of hydrogen-bond donors (Lipinski definition) is 2. The number of carbonyl (C=O) groups excluding carboxylic acids is 5. The van der Waals surface area contributed by atoms with Crippen LogP contribution in [-0.2, 0) is 23.9 Å². The second-order valence-electron chi connectivity index (χ2n) is 8.29. The number of ether oxygens (including phenoxy) is 4. The van der Waals surface area contributed by atoms with E-state index < -0.39 is 42.2 Å². The number of methoxy groups -OCH3 is 2. The van der Waals surface area contributed by atoms with E-state index in [9.17, 15) is 24.0 Å². The van der Waals surface area contributed by atoms with Crippen molar-refractivity contribution in [3.8, 4) is 11.5 Å². The average molecular weight is 528 g/mol. The number of benzene rings is 2. The first-order valence-electron chi connectivity index (χ1n) is 11.8. The van der Waals surface area contributed by atoms with Crippen LogP contribution >= 0.6 is 0 Å². The van der Waals surface area contributed by atoms with Crippen molar-refractivity contribution in [2.75, 3.05) is 39.3 Å². The summed E-state index contributed by atoms with van der Waals surface area (Å²) in [7, 11) is 2.90. The first-order chi connectivity index (χ1) is 18.2. The molecule has 1 heterocycles. The molecule has 0 spiro atoms. The maximum Gasteiger partial charge on any atom is 0.338 e. The van der Waals surface area contributed by atoms with Crippen molar-refractivity contribution in [3.63, 3.8) is 0 Å². The Morgan fingerprint density at radius 2 is 1.63 bits per heavy atom. The summed E-state index contributed by atoms with van der Waals surface area (Å²) in [5.41, 5.74) is 3.44. The van der Waals surface area contributed by atoms with Crippen LogP contribution < -0.4 is 20.2 Å². The Morgan fingerprint density at radius 3 is 2.29 bits per heavy atom. The van der Waals surface area contributed by atoms with E-state index in [2.05, 4.69) is 10.7 Å². The Kier molecular flexibility index (Phi) is 9.63. The van der Waals surface area contributed by atoms with E-state index >= 15 is 0 Å². The van der Waals surface area contributed by atoms with Gasteiger partial charge in [0.2, 0.25) is 5.91 Å². The van der Waals surface area contributed by atoms with E-state index in [4.69, 9.17) is 18.9 Å². The second kappa shape index (κ2) is 13.1. The van der Waals surface area contributed by atoms with Crippen molar-refractivity contribution < 1.29 is 42.9 Å². The zero-order valence-electron chi connectivity index (χ0n) is 21.3. The van der Waals surface area contributed by atoms with E-state index in [1.807, 2.05) is 6.92 Å². The molecule has 12 heteroatoms. The van der Waals surface area contributed by atoms with Crippen LogP contribution in [0.25, 0.3) is 0 Å². The Morgan fingerprint density at radius 1 is 0.947 bits per heavy atom. The molecule has 0 radical (unpaired) electrons. The largest absolute Gasteiger partial charge is 0.493 e. The summed E-state index contributed by atoms with van der Waals surface area (Å²) in [5.74, 6) is -2.91. The quantitative estimate of drug-likeness (QED) is 0.418. The lowest BCUT2D eigenvalue weighted by atomic mass is 10.1. The predicted octanol–water partition coefficient (Wildman–Crippen LogP) is 1.95. The van der Waals surface area contributed by atoms with E-state index in [0.717, 1.165) is 5.01 Å². The van der Waals surface area contributed by atoms with Gasteiger partial charge in [-0.3, -0.25) is 29.6 Å². The minimum absolute atomic E-state index is 0.103. The molecule has 0 aliphatic carbocycles. The maximum absolute atomic E-state index is 12.6. The van der Waals surface area contributed by atoms with Crippen LogP contribution in [0.2, 0.25) is 0 Å². The van der Waals surface area contributed by atoms with Gasteiger partial charge in [0, 0.05) is 17.7 Å². The van der Waals surface area contributed by atoms with Crippen LogP contribution in [0.3, 0.4) is 0 Å². The third-order valence-corrected chi connectivity index (χ3v) is 5.53. The zero-order valence-corrected chi connectivity index (χ0v) is 21.3. The third kappa shape index (κ3) is 7.21. The van der Waals surface area contributed by atoms with Gasteiger partial charge in [0.1, 0.15) is 0 Å². The van der Waals surface area contributed by atoms with Crippen LogP contribution in [0.1, 0.15) is 40.5 Å². The van der Waals surface area contributed by atoms with Crippen molar-refractivity contribution in [1.29, 1.82) is 0 Å². The molecule has 1 atom stereocenters. The van der Waals surface area contributed by atoms with E-state index in [0.29, 0.717) is 35.8 Å². The number of hydrazine groups is 1.